The van der Waals surface area contributed by atoms with E-state index in [1.54, 1.807) is 17.8 Å². The van der Waals surface area contributed by atoms with Gasteiger partial charge in [-0.3, -0.25) is 4.79 Å². The molecule has 1 aliphatic heterocycles. The number of hydrogen-bond acceptors (Lipinski definition) is 11. The topological polar surface area (TPSA) is 189 Å². The molecule has 2 fully saturated rings. The van der Waals surface area contributed by atoms with E-state index in [1.807, 2.05) is 30.3 Å². The monoisotopic (exact) mass is 666 g/mol. The number of benzene rings is 1. The molecule has 6 atom stereocenters. The summed E-state index contributed by atoms with van der Waals surface area (Å²) in [5.74, 6) is -1.89. The molecule has 1 aliphatic carbocycles. The minimum absolute atomic E-state index is 0.102. The maximum atomic E-state index is 12.0. The van der Waals surface area contributed by atoms with E-state index in [1.165, 1.54) is 0 Å². The number of hydrogen-bond donors (Lipinski definition) is 6. The van der Waals surface area contributed by atoms with Crippen LogP contribution in [0.5, 0.6) is 0 Å². The predicted octanol–water partition coefficient (Wildman–Crippen LogP) is 1.18. The molecule has 0 spiro atoms. The lowest BCUT2D eigenvalue weighted by Crippen LogP contribution is -2.42. The maximum absolute atomic E-state index is 12.0. The molecular formula is C30H41F3N8O6. The van der Waals surface area contributed by atoms with Gasteiger partial charge in [0.25, 0.3) is 0 Å². The Morgan fingerprint density at radius 3 is 2.38 bits per heavy atom. The third-order valence-corrected chi connectivity index (χ3v) is 8.39. The van der Waals surface area contributed by atoms with Gasteiger partial charge in [0, 0.05) is 25.6 Å². The lowest BCUT2D eigenvalue weighted by Gasteiger charge is -2.23. The van der Waals surface area contributed by atoms with Crippen LogP contribution in [0.2, 0.25) is 0 Å². The van der Waals surface area contributed by atoms with Gasteiger partial charge in [-0.05, 0) is 38.9 Å². The Hall–Kier alpha value is -4.06. The van der Waals surface area contributed by atoms with Crippen molar-refractivity contribution in [3.8, 4) is 0 Å². The van der Waals surface area contributed by atoms with Crippen LogP contribution in [0, 0.1) is 0 Å². The second kappa shape index (κ2) is 15.2. The fourth-order valence-electron chi connectivity index (χ4n) is 5.72. The third kappa shape index (κ3) is 8.65. The molecule has 1 saturated carbocycles. The van der Waals surface area contributed by atoms with Gasteiger partial charge in [0.05, 0.1) is 31.1 Å². The van der Waals surface area contributed by atoms with Crippen molar-refractivity contribution in [1.29, 1.82) is 0 Å². The number of alkyl halides is 3. The maximum Gasteiger partial charge on any atom is 0.490 e. The molecule has 2 aromatic heterocycles. The number of halogens is 3. The van der Waals surface area contributed by atoms with Crippen molar-refractivity contribution < 1.29 is 43.2 Å². The molecule has 258 valence electrons. The lowest BCUT2D eigenvalue weighted by atomic mass is 10.1. The fraction of sp³-hybridized carbons (Fsp3) is 0.567. The number of nitrogens with one attached hydrogen (secondary N) is 2. The summed E-state index contributed by atoms with van der Waals surface area (Å²) in [7, 11) is 4.13. The van der Waals surface area contributed by atoms with E-state index in [0.29, 0.717) is 48.2 Å². The number of aliphatic carboxylic acids is 1. The Labute approximate surface area is 269 Å². The van der Waals surface area contributed by atoms with Crippen LogP contribution in [-0.4, -0.2) is 127 Å². The van der Waals surface area contributed by atoms with Crippen molar-refractivity contribution in [3.63, 3.8) is 0 Å². The average Bonchev–Trinajstić information content (AvgIpc) is 3.76. The van der Waals surface area contributed by atoms with Crippen LogP contribution >= 0.6 is 0 Å². The number of rotatable bonds is 10. The van der Waals surface area contributed by atoms with Gasteiger partial charge in [0.2, 0.25) is 11.9 Å². The van der Waals surface area contributed by atoms with Gasteiger partial charge in [0.1, 0.15) is 12.2 Å². The van der Waals surface area contributed by atoms with Gasteiger partial charge < -0.3 is 45.4 Å². The minimum atomic E-state index is -5.08. The summed E-state index contributed by atoms with van der Waals surface area (Å²) in [5.41, 5.74) is 2.12. The Kier molecular flexibility index (Phi) is 11.6. The first-order valence-corrected chi connectivity index (χ1v) is 15.3. The molecule has 1 amide bonds. The summed E-state index contributed by atoms with van der Waals surface area (Å²) < 4.78 is 33.5. The van der Waals surface area contributed by atoms with E-state index >= 15 is 0 Å². The minimum Gasteiger partial charge on any atom is -0.475 e. The van der Waals surface area contributed by atoms with Crippen molar-refractivity contribution in [3.05, 3.63) is 42.2 Å². The second-order valence-corrected chi connectivity index (χ2v) is 11.9. The Bertz CT molecular complexity index is 1510. The zero-order valence-electron chi connectivity index (χ0n) is 26.3. The molecule has 1 aromatic carbocycles. The standard InChI is InChI=1S/C28H40N8O4.C2HF3O2/c1-4-22(38)31-20-13-21(25(40)24(20)39)36-16-29-23-26(30-18(15-37)12-17-8-6-5-7-9-17)32-28(33-27(23)36)35-11-10-19(14-35)34(2)3;3-2(4,5)1(6)7/h5-9,16,18-21,24-25,37,39-40H,4,10-15H2,1-3H3,(H,31,38)(H,30,32,33);(H,6,7)/t18-,19-,20+,21-,24-,25+;/m1./s1. The van der Waals surface area contributed by atoms with Crippen molar-refractivity contribution in [2.24, 2.45) is 0 Å². The number of aromatic nitrogens is 4. The van der Waals surface area contributed by atoms with Gasteiger partial charge in [-0.15, -0.1) is 0 Å². The van der Waals surface area contributed by atoms with Crippen molar-refractivity contribution in [2.75, 3.05) is 44.0 Å². The first-order chi connectivity index (χ1) is 22.2. The molecule has 0 bridgehead atoms. The number of carboxylic acid groups (broad SMARTS) is 1. The molecule has 14 nitrogen and oxygen atoms in total. The molecule has 1 saturated heterocycles. The summed E-state index contributed by atoms with van der Waals surface area (Å²) in [6, 6.07) is 8.89. The Balaban J connectivity index is 0.000000644. The first-order valence-electron chi connectivity index (χ1n) is 15.3. The molecule has 5 rings (SSSR count). The molecule has 6 N–H and O–H groups in total. The number of nitrogens with zero attached hydrogens (tertiary/aromatic N) is 6. The lowest BCUT2D eigenvalue weighted by molar-refractivity contribution is -0.192. The van der Waals surface area contributed by atoms with E-state index in [2.05, 4.69) is 39.5 Å². The molecule has 47 heavy (non-hydrogen) atoms. The zero-order valence-corrected chi connectivity index (χ0v) is 26.3. The third-order valence-electron chi connectivity index (χ3n) is 8.39. The summed E-state index contributed by atoms with van der Waals surface area (Å²) in [6.07, 6.45) is -3.49. The summed E-state index contributed by atoms with van der Waals surface area (Å²) >= 11 is 0. The highest BCUT2D eigenvalue weighted by Gasteiger charge is 2.44. The quantitative estimate of drug-likeness (QED) is 0.182. The highest BCUT2D eigenvalue weighted by Crippen LogP contribution is 2.35. The number of carbonyl (C=O) groups excluding carboxylic acids is 1. The number of carboxylic acids is 1. The number of aliphatic hydroxyl groups is 3. The number of carbonyl (C=O) groups is 2. The van der Waals surface area contributed by atoms with Gasteiger partial charge in [-0.25, -0.2) is 9.78 Å². The molecule has 0 unspecified atom stereocenters. The predicted molar refractivity (Wildman–Crippen MR) is 166 cm³/mol. The largest absolute Gasteiger partial charge is 0.490 e. The van der Waals surface area contributed by atoms with E-state index in [4.69, 9.17) is 19.9 Å². The normalized spacial score (nSPS) is 23.4. The first kappa shape index (κ1) is 35.8. The molecule has 3 heterocycles. The van der Waals surface area contributed by atoms with E-state index in [-0.39, 0.29) is 18.6 Å². The average molecular weight is 667 g/mol. The number of imidazole rings is 1. The van der Waals surface area contributed by atoms with Gasteiger partial charge in [-0.2, -0.15) is 23.1 Å². The Morgan fingerprint density at radius 1 is 1.13 bits per heavy atom. The molecule has 3 aromatic rings. The molecular weight excluding hydrogens is 625 g/mol. The van der Waals surface area contributed by atoms with Crippen LogP contribution in [0.1, 0.15) is 37.8 Å². The summed E-state index contributed by atoms with van der Waals surface area (Å²) in [4.78, 5) is 39.7. The van der Waals surface area contributed by atoms with Gasteiger partial charge >= 0.3 is 12.1 Å². The van der Waals surface area contributed by atoms with Crippen molar-refractivity contribution in [2.45, 2.75) is 75.2 Å². The molecule has 0 radical (unpaired) electrons. The van der Waals surface area contributed by atoms with Crippen LogP contribution in [0.15, 0.2) is 36.7 Å². The van der Waals surface area contributed by atoms with E-state index in [0.717, 1.165) is 25.1 Å². The van der Waals surface area contributed by atoms with Crippen LogP contribution in [0.3, 0.4) is 0 Å². The Morgan fingerprint density at radius 2 is 1.81 bits per heavy atom. The second-order valence-electron chi connectivity index (χ2n) is 11.9. The van der Waals surface area contributed by atoms with Crippen LogP contribution < -0.4 is 15.5 Å². The SMILES string of the molecule is CCC(=O)N[C@H]1C[C@@H](n2cnc3c(N[C@@H](CO)Cc4ccccc4)nc(N4CC[C@@H](N(C)C)C4)nc32)[C@H](O)[C@@H]1O.O=C(O)C(F)(F)F. The number of fused-ring (bicyclic) bond motifs is 1. The van der Waals surface area contributed by atoms with Crippen LogP contribution in [-0.2, 0) is 16.0 Å². The molecule has 2 aliphatic rings. The smallest absolute Gasteiger partial charge is 0.475 e. The van der Waals surface area contributed by atoms with E-state index < -0.39 is 36.4 Å². The number of aliphatic hydroxyl groups excluding tert-OH is 3. The van der Waals surface area contributed by atoms with Gasteiger partial charge in [-0.1, -0.05) is 37.3 Å². The van der Waals surface area contributed by atoms with Gasteiger partial charge in [0.15, 0.2) is 17.0 Å². The highest BCUT2D eigenvalue weighted by molar-refractivity contribution is 5.85. The van der Waals surface area contributed by atoms with Crippen LogP contribution in [0.25, 0.3) is 11.2 Å². The summed E-state index contributed by atoms with van der Waals surface area (Å²) in [5, 5.41) is 45.3. The van der Waals surface area contributed by atoms with Crippen molar-refractivity contribution >= 4 is 34.8 Å². The summed E-state index contributed by atoms with van der Waals surface area (Å²) in [6.45, 7) is 3.22. The number of anilines is 2. The number of likely N-dealkylation sites (N-methyl/N-ethyl adjacent to an activating group) is 1. The fourth-order valence-corrected chi connectivity index (χ4v) is 5.72. The zero-order chi connectivity index (χ0) is 34.5. The highest BCUT2D eigenvalue weighted by atomic mass is 19.4. The van der Waals surface area contributed by atoms with E-state index in [9.17, 15) is 33.3 Å². The van der Waals surface area contributed by atoms with Crippen LogP contribution in [0.4, 0.5) is 24.9 Å². The number of amides is 1. The van der Waals surface area contributed by atoms with Crippen molar-refractivity contribution in [1.82, 2.24) is 29.7 Å². The molecule has 17 heteroatoms.